The van der Waals surface area contributed by atoms with Crippen molar-refractivity contribution in [1.29, 1.82) is 10.5 Å². The van der Waals surface area contributed by atoms with Crippen LogP contribution < -0.4 is 4.90 Å². The van der Waals surface area contributed by atoms with Crippen molar-refractivity contribution < 1.29 is 0 Å². The zero-order chi connectivity index (χ0) is 13.7. The van der Waals surface area contributed by atoms with Gasteiger partial charge in [0, 0.05) is 13.6 Å². The van der Waals surface area contributed by atoms with Gasteiger partial charge in [0.25, 0.3) is 0 Å². The number of anilines is 1. The monoisotopic (exact) mass is 247 g/mol. The Morgan fingerprint density at radius 3 is 2.26 bits per heavy atom. The Balaban J connectivity index is 2.19. The third kappa shape index (κ3) is 2.91. The molecule has 0 unspecified atom stereocenters. The molecule has 0 saturated heterocycles. The number of para-hydroxylation sites is 1. The van der Waals surface area contributed by atoms with Gasteiger partial charge in [-0.05, 0) is 29.8 Å². The maximum absolute atomic E-state index is 9.09. The highest BCUT2D eigenvalue weighted by Crippen LogP contribution is 2.20. The minimum absolute atomic E-state index is 0.656. The molecule has 92 valence electrons. The molecular formula is C16H13N3. The van der Waals surface area contributed by atoms with Crippen molar-refractivity contribution in [2.75, 3.05) is 11.9 Å². The molecule has 2 aromatic rings. The molecule has 0 aliphatic carbocycles. The first-order valence-corrected chi connectivity index (χ1v) is 5.94. The maximum atomic E-state index is 9.09. The van der Waals surface area contributed by atoms with Gasteiger partial charge in [0.15, 0.2) is 0 Å². The molecule has 0 aromatic heterocycles. The van der Waals surface area contributed by atoms with Crippen LogP contribution in [0.5, 0.6) is 0 Å². The summed E-state index contributed by atoms with van der Waals surface area (Å²) < 4.78 is 0. The summed E-state index contributed by atoms with van der Waals surface area (Å²) in [5, 5.41) is 17.8. The molecule has 0 aliphatic rings. The van der Waals surface area contributed by atoms with Crippen LogP contribution in [-0.2, 0) is 6.54 Å². The Bertz CT molecular complexity index is 645. The zero-order valence-corrected chi connectivity index (χ0v) is 10.7. The van der Waals surface area contributed by atoms with Gasteiger partial charge in [-0.3, -0.25) is 0 Å². The van der Waals surface area contributed by atoms with Crippen LogP contribution in [-0.4, -0.2) is 7.05 Å². The summed E-state index contributed by atoms with van der Waals surface area (Å²) in [7, 11) is 1.95. The van der Waals surface area contributed by atoms with E-state index in [-0.39, 0.29) is 0 Å². The fraction of sp³-hybridized carbons (Fsp3) is 0.125. The summed E-state index contributed by atoms with van der Waals surface area (Å²) in [6.45, 7) is 0.699. The van der Waals surface area contributed by atoms with Crippen molar-refractivity contribution in [3.05, 3.63) is 65.2 Å². The largest absolute Gasteiger partial charge is 0.369 e. The van der Waals surface area contributed by atoms with Gasteiger partial charge in [-0.25, -0.2) is 0 Å². The van der Waals surface area contributed by atoms with Crippen LogP contribution >= 0.6 is 0 Å². The predicted octanol–water partition coefficient (Wildman–Crippen LogP) is 3.07. The van der Waals surface area contributed by atoms with Gasteiger partial charge in [-0.15, -0.1) is 0 Å². The summed E-state index contributed by atoms with van der Waals surface area (Å²) in [6.07, 6.45) is 0. The molecule has 2 rings (SSSR count). The number of benzene rings is 2. The third-order valence-electron chi connectivity index (χ3n) is 2.94. The van der Waals surface area contributed by atoms with Crippen LogP contribution in [0, 0.1) is 22.7 Å². The van der Waals surface area contributed by atoms with E-state index in [1.165, 1.54) is 0 Å². The normalized spacial score (nSPS) is 9.42. The summed E-state index contributed by atoms with van der Waals surface area (Å²) in [5.74, 6) is 0. The topological polar surface area (TPSA) is 50.8 Å². The van der Waals surface area contributed by atoms with Crippen molar-refractivity contribution in [2.45, 2.75) is 6.54 Å². The molecule has 0 atom stereocenters. The third-order valence-corrected chi connectivity index (χ3v) is 2.94. The van der Waals surface area contributed by atoms with E-state index in [9.17, 15) is 0 Å². The number of nitriles is 2. The lowest BCUT2D eigenvalue weighted by Crippen LogP contribution is -2.17. The Morgan fingerprint density at radius 1 is 0.947 bits per heavy atom. The van der Waals surface area contributed by atoms with Gasteiger partial charge in [0.1, 0.15) is 6.07 Å². The van der Waals surface area contributed by atoms with Gasteiger partial charge >= 0.3 is 0 Å². The SMILES string of the molecule is CN(Cc1ccc(C#N)cc1)c1ccccc1C#N. The molecule has 0 saturated carbocycles. The molecule has 0 radical (unpaired) electrons. The Labute approximate surface area is 112 Å². The standard InChI is InChI=1S/C16H13N3/c1-19(16-5-3-2-4-15(16)11-18)12-14-8-6-13(10-17)7-9-14/h2-9H,12H2,1H3. The highest BCUT2D eigenvalue weighted by atomic mass is 15.1. The van der Waals surface area contributed by atoms with Gasteiger partial charge in [-0.1, -0.05) is 24.3 Å². The van der Waals surface area contributed by atoms with E-state index < -0.39 is 0 Å². The smallest absolute Gasteiger partial charge is 0.101 e. The van der Waals surface area contributed by atoms with Gasteiger partial charge in [0.2, 0.25) is 0 Å². The number of hydrogen-bond acceptors (Lipinski definition) is 3. The van der Waals surface area contributed by atoms with E-state index >= 15 is 0 Å². The zero-order valence-electron chi connectivity index (χ0n) is 10.7. The average Bonchev–Trinajstić information content (AvgIpc) is 2.48. The number of rotatable bonds is 3. The second kappa shape index (κ2) is 5.71. The Morgan fingerprint density at radius 2 is 1.63 bits per heavy atom. The molecule has 3 heteroatoms. The highest BCUT2D eigenvalue weighted by molar-refractivity contribution is 5.58. The summed E-state index contributed by atoms with van der Waals surface area (Å²) >= 11 is 0. The van der Waals surface area contributed by atoms with Crippen molar-refractivity contribution in [2.24, 2.45) is 0 Å². The van der Waals surface area contributed by atoms with Crippen LogP contribution in [0.4, 0.5) is 5.69 Å². The van der Waals surface area contributed by atoms with Crippen molar-refractivity contribution in [3.63, 3.8) is 0 Å². The van der Waals surface area contributed by atoms with Crippen molar-refractivity contribution in [3.8, 4) is 12.1 Å². The second-order valence-electron chi connectivity index (χ2n) is 4.29. The van der Waals surface area contributed by atoms with Crippen LogP contribution in [0.2, 0.25) is 0 Å². The van der Waals surface area contributed by atoms with E-state index in [1.54, 1.807) is 12.1 Å². The fourth-order valence-corrected chi connectivity index (χ4v) is 1.94. The molecule has 3 nitrogen and oxygen atoms in total. The van der Waals surface area contributed by atoms with Crippen LogP contribution in [0.3, 0.4) is 0 Å². The van der Waals surface area contributed by atoms with E-state index in [2.05, 4.69) is 12.1 Å². The first-order valence-electron chi connectivity index (χ1n) is 5.94. The van der Waals surface area contributed by atoms with E-state index in [0.29, 0.717) is 17.7 Å². The maximum Gasteiger partial charge on any atom is 0.101 e. The summed E-state index contributed by atoms with van der Waals surface area (Å²) in [4.78, 5) is 2.03. The van der Waals surface area contributed by atoms with Crippen molar-refractivity contribution in [1.82, 2.24) is 0 Å². The molecule has 2 aromatic carbocycles. The highest BCUT2D eigenvalue weighted by Gasteiger charge is 2.06. The first-order chi connectivity index (χ1) is 9.24. The summed E-state index contributed by atoms with van der Waals surface area (Å²) in [6, 6.07) is 19.3. The van der Waals surface area contributed by atoms with E-state index in [4.69, 9.17) is 10.5 Å². The van der Waals surface area contributed by atoms with Gasteiger partial charge < -0.3 is 4.90 Å². The quantitative estimate of drug-likeness (QED) is 0.837. The average molecular weight is 247 g/mol. The molecular weight excluding hydrogens is 234 g/mol. The summed E-state index contributed by atoms with van der Waals surface area (Å²) in [5.41, 5.74) is 3.34. The lowest BCUT2D eigenvalue weighted by atomic mass is 10.1. The second-order valence-corrected chi connectivity index (χ2v) is 4.29. The van der Waals surface area contributed by atoms with Gasteiger partial charge in [0.05, 0.1) is 22.9 Å². The van der Waals surface area contributed by atoms with Crippen LogP contribution in [0.15, 0.2) is 48.5 Å². The van der Waals surface area contributed by atoms with Crippen molar-refractivity contribution >= 4 is 5.69 Å². The lowest BCUT2D eigenvalue weighted by Gasteiger charge is -2.20. The predicted molar refractivity (Wildman–Crippen MR) is 74.4 cm³/mol. The Hall–Kier alpha value is -2.78. The number of hydrogen-bond donors (Lipinski definition) is 0. The minimum atomic E-state index is 0.656. The molecule has 0 aliphatic heterocycles. The first kappa shape index (κ1) is 12.7. The van der Waals surface area contributed by atoms with Crippen LogP contribution in [0.1, 0.15) is 16.7 Å². The molecule has 0 amide bonds. The molecule has 0 spiro atoms. The Kier molecular flexibility index (Phi) is 3.81. The van der Waals surface area contributed by atoms with E-state index in [0.717, 1.165) is 11.3 Å². The molecule has 0 heterocycles. The molecule has 0 bridgehead atoms. The lowest BCUT2D eigenvalue weighted by molar-refractivity contribution is 0.920. The van der Waals surface area contributed by atoms with E-state index in [1.807, 2.05) is 48.3 Å². The minimum Gasteiger partial charge on any atom is -0.369 e. The molecule has 19 heavy (non-hydrogen) atoms. The fourth-order valence-electron chi connectivity index (χ4n) is 1.94. The van der Waals surface area contributed by atoms with Gasteiger partial charge in [-0.2, -0.15) is 10.5 Å². The number of nitrogens with zero attached hydrogens (tertiary/aromatic N) is 3. The molecule has 0 N–H and O–H groups in total. The molecule has 0 fully saturated rings. The van der Waals surface area contributed by atoms with Crippen LogP contribution in [0.25, 0.3) is 0 Å².